The summed E-state index contributed by atoms with van der Waals surface area (Å²) in [7, 11) is 1.67. The molecule has 2 aromatic carbocycles. The van der Waals surface area contributed by atoms with E-state index in [1.165, 1.54) is 5.56 Å². The van der Waals surface area contributed by atoms with Gasteiger partial charge in [0.25, 0.3) is 0 Å². The van der Waals surface area contributed by atoms with Gasteiger partial charge in [0.1, 0.15) is 0 Å². The Kier molecular flexibility index (Phi) is 4.67. The summed E-state index contributed by atoms with van der Waals surface area (Å²) < 4.78 is 6.06. The van der Waals surface area contributed by atoms with Crippen LogP contribution in [0.25, 0.3) is 12.2 Å². The van der Waals surface area contributed by atoms with Crippen LogP contribution < -0.4 is 0 Å². The molecule has 0 atom stereocenters. The minimum atomic E-state index is 0.809. The number of hydrogen-bond acceptors (Lipinski definition) is 1. The third-order valence-corrected chi connectivity index (χ3v) is 3.22. The van der Waals surface area contributed by atoms with E-state index in [-0.39, 0.29) is 0 Å². The molecule has 2 aromatic rings. The third kappa shape index (κ3) is 3.27. The summed E-state index contributed by atoms with van der Waals surface area (Å²) in [6.45, 7) is 0. The average molecular weight is 274 g/mol. The van der Waals surface area contributed by atoms with Gasteiger partial charge in [0.15, 0.2) is 0 Å². The Labute approximate surface area is 116 Å². The molecule has 0 bridgehead atoms. The van der Waals surface area contributed by atoms with E-state index in [2.05, 4.69) is 46.2 Å². The van der Waals surface area contributed by atoms with Crippen LogP contribution in [0.5, 0.6) is 0 Å². The molecule has 0 saturated heterocycles. The summed E-state index contributed by atoms with van der Waals surface area (Å²) in [5, 5.41) is 0. The molecule has 0 N–H and O–H groups in total. The quantitative estimate of drug-likeness (QED) is 0.775. The molecule has 2 heteroatoms. The van der Waals surface area contributed by atoms with Crippen LogP contribution >= 0.6 is 0 Å². The maximum atomic E-state index is 5.26. The van der Waals surface area contributed by atoms with Gasteiger partial charge in [0.2, 0.25) is 0 Å². The molecule has 0 fully saturated rings. The zero-order chi connectivity index (χ0) is 12.8. The molecule has 0 heterocycles. The van der Waals surface area contributed by atoms with E-state index in [1.54, 1.807) is 7.11 Å². The van der Waals surface area contributed by atoms with Crippen molar-refractivity contribution >= 4 is 16.7 Å². The van der Waals surface area contributed by atoms with Crippen molar-refractivity contribution in [2.45, 2.75) is 0 Å². The van der Waals surface area contributed by atoms with Crippen LogP contribution in [0, 0.1) is 0 Å². The Balaban J connectivity index is 2.29. The molecular formula is C16H14CrO. The molecule has 0 saturated carbocycles. The Morgan fingerprint density at radius 3 is 2.33 bits per heavy atom. The first-order chi connectivity index (χ1) is 8.81. The number of hydrogen-bond donors (Lipinski definition) is 0. The Bertz CT molecular complexity index is 558. The zero-order valence-electron chi connectivity index (χ0n) is 10.2. The summed E-state index contributed by atoms with van der Waals surface area (Å²) in [4.78, 5) is 0. The minimum absolute atomic E-state index is 0.809. The van der Waals surface area contributed by atoms with E-state index >= 15 is 0 Å². The summed E-state index contributed by atoms with van der Waals surface area (Å²) >= 11 is 2.94. The van der Waals surface area contributed by atoms with Gasteiger partial charge in [0, 0.05) is 0 Å². The van der Waals surface area contributed by atoms with Crippen molar-refractivity contribution in [3.8, 4) is 0 Å². The van der Waals surface area contributed by atoms with Crippen LogP contribution in [0.2, 0.25) is 0 Å². The molecule has 0 unspecified atom stereocenters. The molecule has 0 aliphatic heterocycles. The van der Waals surface area contributed by atoms with E-state index in [9.17, 15) is 0 Å². The molecule has 0 amide bonds. The van der Waals surface area contributed by atoms with E-state index in [0.29, 0.717) is 0 Å². The summed E-state index contributed by atoms with van der Waals surface area (Å²) in [5.41, 5.74) is 3.40. The Morgan fingerprint density at radius 2 is 1.61 bits per heavy atom. The fourth-order valence-corrected chi connectivity index (χ4v) is 1.98. The van der Waals surface area contributed by atoms with Gasteiger partial charge in [-0.1, -0.05) is 0 Å². The second kappa shape index (κ2) is 6.47. The van der Waals surface area contributed by atoms with Gasteiger partial charge < -0.3 is 0 Å². The third-order valence-electron chi connectivity index (χ3n) is 2.62. The SMILES string of the molecule is CO[C](=[Cr])c1ccccc1/C=C/c1ccccc1. The van der Waals surface area contributed by atoms with E-state index in [4.69, 9.17) is 4.74 Å². The van der Waals surface area contributed by atoms with Crippen LogP contribution in [0.15, 0.2) is 54.6 Å². The van der Waals surface area contributed by atoms with Gasteiger partial charge in [-0.05, 0) is 0 Å². The van der Waals surface area contributed by atoms with Crippen molar-refractivity contribution in [2.24, 2.45) is 0 Å². The van der Waals surface area contributed by atoms with Gasteiger partial charge in [0.05, 0.1) is 0 Å². The molecule has 0 aliphatic rings. The first-order valence-corrected chi connectivity index (χ1v) is 6.35. The van der Waals surface area contributed by atoms with Crippen LogP contribution in [0.1, 0.15) is 16.7 Å². The molecule has 0 aliphatic carbocycles. The van der Waals surface area contributed by atoms with Crippen LogP contribution in [0.3, 0.4) is 0 Å². The van der Waals surface area contributed by atoms with Crippen molar-refractivity contribution in [1.82, 2.24) is 0 Å². The molecule has 0 aromatic heterocycles. The second-order valence-corrected chi connectivity index (χ2v) is 4.40. The second-order valence-electron chi connectivity index (χ2n) is 3.82. The Morgan fingerprint density at radius 1 is 0.944 bits per heavy atom. The fraction of sp³-hybridized carbons (Fsp3) is 0.0625. The van der Waals surface area contributed by atoms with Gasteiger partial charge in [-0.25, -0.2) is 0 Å². The molecule has 90 valence electrons. The number of ether oxygens (including phenoxy) is 1. The number of rotatable bonds is 4. The topological polar surface area (TPSA) is 9.23 Å². The Hall–Kier alpha value is -1.46. The van der Waals surface area contributed by atoms with Crippen molar-refractivity contribution in [3.63, 3.8) is 0 Å². The molecule has 0 radical (unpaired) electrons. The van der Waals surface area contributed by atoms with E-state index in [0.717, 1.165) is 15.7 Å². The van der Waals surface area contributed by atoms with Gasteiger partial charge in [-0.15, -0.1) is 0 Å². The van der Waals surface area contributed by atoms with Gasteiger partial charge >= 0.3 is 116 Å². The van der Waals surface area contributed by atoms with Crippen molar-refractivity contribution in [2.75, 3.05) is 7.11 Å². The average Bonchev–Trinajstić information content (AvgIpc) is 2.45. The maximum absolute atomic E-state index is 5.26. The molecule has 0 spiro atoms. The first-order valence-electron chi connectivity index (χ1n) is 5.72. The monoisotopic (exact) mass is 274 g/mol. The summed E-state index contributed by atoms with van der Waals surface area (Å²) in [6, 6.07) is 18.4. The van der Waals surface area contributed by atoms with Crippen LogP contribution in [-0.4, -0.2) is 11.7 Å². The van der Waals surface area contributed by atoms with E-state index in [1.807, 2.05) is 36.4 Å². The number of methoxy groups -OCH3 is 1. The van der Waals surface area contributed by atoms with Crippen molar-refractivity contribution in [3.05, 3.63) is 71.3 Å². The predicted octanol–water partition coefficient (Wildman–Crippen LogP) is 3.53. The first kappa shape index (κ1) is 13.0. The molecule has 2 rings (SSSR count). The molecular weight excluding hydrogens is 260 g/mol. The standard InChI is InChI=1S/C16H14O.Cr/c1-17-13-16-10-6-5-9-15(16)12-11-14-7-3-2-4-8-14;/h2-12H,1H3;/b12-11+;. The summed E-state index contributed by atoms with van der Waals surface area (Å²) in [5.74, 6) is 0. The zero-order valence-corrected chi connectivity index (χ0v) is 11.4. The fourth-order valence-electron chi connectivity index (χ4n) is 1.69. The van der Waals surface area contributed by atoms with Crippen molar-refractivity contribution < 1.29 is 20.6 Å². The van der Waals surface area contributed by atoms with Crippen molar-refractivity contribution in [1.29, 1.82) is 0 Å². The van der Waals surface area contributed by atoms with Crippen LogP contribution in [0.4, 0.5) is 0 Å². The van der Waals surface area contributed by atoms with Crippen LogP contribution in [-0.2, 0) is 20.6 Å². The predicted molar refractivity (Wildman–Crippen MR) is 72.9 cm³/mol. The van der Waals surface area contributed by atoms with Gasteiger partial charge in [-0.2, -0.15) is 0 Å². The van der Waals surface area contributed by atoms with Gasteiger partial charge in [-0.3, -0.25) is 0 Å². The number of benzene rings is 2. The molecule has 1 nitrogen and oxygen atoms in total. The van der Waals surface area contributed by atoms with E-state index < -0.39 is 0 Å². The molecule has 18 heavy (non-hydrogen) atoms. The summed E-state index contributed by atoms with van der Waals surface area (Å²) in [6.07, 6.45) is 4.20. The normalized spacial score (nSPS) is 10.7.